The van der Waals surface area contributed by atoms with E-state index in [1.807, 2.05) is 41.0 Å². The highest BCUT2D eigenvalue weighted by molar-refractivity contribution is 7.10. The lowest BCUT2D eigenvalue weighted by molar-refractivity contribution is -0.146. The molecule has 1 aliphatic heterocycles. The molecule has 0 unspecified atom stereocenters. The largest absolute Gasteiger partial charge is 0.491 e. The van der Waals surface area contributed by atoms with Crippen LogP contribution in [0.25, 0.3) is 0 Å². The molecule has 33 heavy (non-hydrogen) atoms. The van der Waals surface area contributed by atoms with Gasteiger partial charge in [-0.25, -0.2) is 0 Å². The Labute approximate surface area is 201 Å². The topological polar surface area (TPSA) is 49.9 Å². The van der Waals surface area contributed by atoms with Gasteiger partial charge in [0.1, 0.15) is 18.9 Å². The van der Waals surface area contributed by atoms with E-state index in [4.69, 9.17) is 4.74 Å². The number of benzene rings is 1. The number of aryl methyl sites for hydroxylation is 1. The van der Waals surface area contributed by atoms with Crippen LogP contribution in [-0.2, 0) is 16.0 Å². The molecule has 1 aromatic carbocycles. The maximum absolute atomic E-state index is 13.6. The molecule has 2 amide bonds. The standard InChI is InChI=1S/C27H36N2O3S/c1-4-20(3)29(27(31)21-10-6-7-11-21)17-26(30)28-15-13-25-22(14-16-33-25)23(28)18-32-24-12-8-5-9-19(24)2/h5,8-9,12,14,16,20-21,23H,4,6-7,10-11,13,15,17-18H2,1-3H3/t20-,23+/m0/s1. The molecule has 1 fully saturated rings. The molecule has 0 N–H and O–H groups in total. The number of hydrogen-bond donors (Lipinski definition) is 0. The van der Waals surface area contributed by atoms with Crippen LogP contribution in [0.3, 0.4) is 0 Å². The second-order valence-electron chi connectivity index (χ2n) is 9.43. The minimum atomic E-state index is -0.132. The molecule has 6 heteroatoms. The van der Waals surface area contributed by atoms with Gasteiger partial charge in [0.25, 0.3) is 0 Å². The summed E-state index contributed by atoms with van der Waals surface area (Å²) in [5.41, 5.74) is 2.27. The minimum Gasteiger partial charge on any atom is -0.491 e. The van der Waals surface area contributed by atoms with E-state index < -0.39 is 0 Å². The van der Waals surface area contributed by atoms with Gasteiger partial charge < -0.3 is 14.5 Å². The molecule has 0 spiro atoms. The maximum Gasteiger partial charge on any atom is 0.242 e. The van der Waals surface area contributed by atoms with Crippen LogP contribution in [0, 0.1) is 12.8 Å². The number of rotatable bonds is 8. The third-order valence-electron chi connectivity index (χ3n) is 7.32. The van der Waals surface area contributed by atoms with Crippen molar-refractivity contribution in [2.24, 2.45) is 5.92 Å². The number of para-hydroxylation sites is 1. The number of thiophene rings is 1. The number of hydrogen-bond acceptors (Lipinski definition) is 4. The van der Waals surface area contributed by atoms with Gasteiger partial charge in [-0.05, 0) is 68.2 Å². The van der Waals surface area contributed by atoms with E-state index in [9.17, 15) is 9.59 Å². The van der Waals surface area contributed by atoms with Gasteiger partial charge in [0.05, 0.1) is 6.04 Å². The third kappa shape index (κ3) is 5.26. The first-order valence-corrected chi connectivity index (χ1v) is 13.2. The first-order valence-electron chi connectivity index (χ1n) is 12.3. The average Bonchev–Trinajstić information content (AvgIpc) is 3.53. The molecule has 0 bridgehead atoms. The summed E-state index contributed by atoms with van der Waals surface area (Å²) in [7, 11) is 0. The first kappa shape index (κ1) is 23.8. The normalized spacial score (nSPS) is 19.2. The number of ether oxygens (including phenoxy) is 1. The van der Waals surface area contributed by atoms with Crippen LogP contribution in [-0.4, -0.2) is 47.4 Å². The predicted octanol–water partition coefficient (Wildman–Crippen LogP) is 5.38. The highest BCUT2D eigenvalue weighted by Gasteiger charge is 2.36. The van der Waals surface area contributed by atoms with Crippen LogP contribution in [0.2, 0.25) is 0 Å². The Morgan fingerprint density at radius 1 is 1.21 bits per heavy atom. The Hall–Kier alpha value is -2.34. The number of fused-ring (bicyclic) bond motifs is 1. The Balaban J connectivity index is 1.52. The van der Waals surface area contributed by atoms with Crippen LogP contribution in [0.1, 0.15) is 68.0 Å². The van der Waals surface area contributed by atoms with Crippen molar-refractivity contribution in [2.45, 2.75) is 71.4 Å². The molecular weight excluding hydrogens is 432 g/mol. The maximum atomic E-state index is 13.6. The predicted molar refractivity (Wildman–Crippen MR) is 133 cm³/mol. The Kier molecular flexibility index (Phi) is 7.74. The molecular formula is C27H36N2O3S. The van der Waals surface area contributed by atoms with Gasteiger partial charge in [-0.15, -0.1) is 11.3 Å². The SMILES string of the molecule is CC[C@H](C)N(CC(=O)N1CCc2sccc2[C@H]1COc1ccccc1C)C(=O)C1CCCC1. The van der Waals surface area contributed by atoms with Gasteiger partial charge in [-0.3, -0.25) is 9.59 Å². The summed E-state index contributed by atoms with van der Waals surface area (Å²) in [5, 5.41) is 2.11. The van der Waals surface area contributed by atoms with Crippen molar-refractivity contribution in [1.82, 2.24) is 9.80 Å². The highest BCUT2D eigenvalue weighted by atomic mass is 32.1. The van der Waals surface area contributed by atoms with E-state index >= 15 is 0 Å². The Morgan fingerprint density at radius 2 is 1.97 bits per heavy atom. The smallest absolute Gasteiger partial charge is 0.242 e. The summed E-state index contributed by atoms with van der Waals surface area (Å²) in [6.07, 6.45) is 5.84. The quantitative estimate of drug-likeness (QED) is 0.523. The van der Waals surface area contributed by atoms with Gasteiger partial charge in [-0.1, -0.05) is 38.0 Å². The van der Waals surface area contributed by atoms with Crippen molar-refractivity contribution >= 4 is 23.2 Å². The zero-order valence-corrected chi connectivity index (χ0v) is 20.9. The first-order chi connectivity index (χ1) is 16.0. The van der Waals surface area contributed by atoms with Crippen molar-refractivity contribution in [1.29, 1.82) is 0 Å². The van der Waals surface area contributed by atoms with E-state index in [0.717, 1.165) is 49.8 Å². The fourth-order valence-corrected chi connectivity index (χ4v) is 6.01. The Bertz CT molecular complexity index is 966. The van der Waals surface area contributed by atoms with Crippen LogP contribution in [0.15, 0.2) is 35.7 Å². The number of amides is 2. The fraction of sp³-hybridized carbons (Fsp3) is 0.556. The lowest BCUT2D eigenvalue weighted by atomic mass is 10.00. The lowest BCUT2D eigenvalue weighted by Gasteiger charge is -2.38. The zero-order valence-electron chi connectivity index (χ0n) is 20.1. The molecule has 178 valence electrons. The van der Waals surface area contributed by atoms with Crippen molar-refractivity contribution in [3.63, 3.8) is 0 Å². The summed E-state index contributed by atoms with van der Waals surface area (Å²) < 4.78 is 6.22. The van der Waals surface area contributed by atoms with Gasteiger partial charge >= 0.3 is 0 Å². The van der Waals surface area contributed by atoms with Gasteiger partial charge in [-0.2, -0.15) is 0 Å². The molecule has 1 saturated carbocycles. The average molecular weight is 469 g/mol. The van der Waals surface area contributed by atoms with Crippen molar-refractivity contribution in [3.05, 3.63) is 51.7 Å². The van der Waals surface area contributed by atoms with Crippen LogP contribution < -0.4 is 4.74 Å². The lowest BCUT2D eigenvalue weighted by Crippen LogP contribution is -2.51. The molecule has 5 nitrogen and oxygen atoms in total. The molecule has 0 radical (unpaired) electrons. The molecule has 2 heterocycles. The summed E-state index contributed by atoms with van der Waals surface area (Å²) in [6.45, 7) is 7.42. The molecule has 1 aliphatic carbocycles. The van der Waals surface area contributed by atoms with E-state index in [2.05, 4.69) is 25.3 Å². The molecule has 0 saturated heterocycles. The second kappa shape index (κ2) is 10.7. The van der Waals surface area contributed by atoms with Crippen LogP contribution >= 0.6 is 11.3 Å². The van der Waals surface area contributed by atoms with Crippen molar-refractivity contribution in [2.75, 3.05) is 19.7 Å². The summed E-state index contributed by atoms with van der Waals surface area (Å²) in [5.74, 6) is 1.12. The fourth-order valence-electron chi connectivity index (χ4n) is 5.08. The second-order valence-corrected chi connectivity index (χ2v) is 10.4. The zero-order chi connectivity index (χ0) is 23.4. The van der Waals surface area contributed by atoms with E-state index in [-0.39, 0.29) is 36.4 Å². The number of nitrogens with zero attached hydrogens (tertiary/aromatic N) is 2. The van der Waals surface area contributed by atoms with Crippen molar-refractivity contribution < 1.29 is 14.3 Å². The van der Waals surface area contributed by atoms with Gasteiger partial charge in [0, 0.05) is 23.4 Å². The molecule has 2 aromatic rings. The van der Waals surface area contributed by atoms with E-state index in [1.54, 1.807) is 11.3 Å². The number of carbonyl (C=O) groups excluding carboxylic acids is 2. The summed E-state index contributed by atoms with van der Waals surface area (Å²) >= 11 is 1.75. The van der Waals surface area contributed by atoms with Gasteiger partial charge in [0.15, 0.2) is 0 Å². The Morgan fingerprint density at radius 3 is 2.70 bits per heavy atom. The summed E-state index contributed by atoms with van der Waals surface area (Å²) in [4.78, 5) is 32.1. The molecule has 2 aliphatic rings. The van der Waals surface area contributed by atoms with E-state index in [0.29, 0.717) is 13.2 Å². The molecule has 4 rings (SSSR count). The monoisotopic (exact) mass is 468 g/mol. The third-order valence-corrected chi connectivity index (χ3v) is 8.32. The van der Waals surface area contributed by atoms with Gasteiger partial charge in [0.2, 0.25) is 11.8 Å². The van der Waals surface area contributed by atoms with E-state index in [1.165, 1.54) is 10.4 Å². The molecule has 2 atom stereocenters. The number of carbonyl (C=O) groups is 2. The minimum absolute atomic E-state index is 0.0249. The van der Waals surface area contributed by atoms with Crippen LogP contribution in [0.5, 0.6) is 5.75 Å². The van der Waals surface area contributed by atoms with Crippen LogP contribution in [0.4, 0.5) is 0 Å². The summed E-state index contributed by atoms with van der Waals surface area (Å²) in [6, 6.07) is 10.0. The van der Waals surface area contributed by atoms with Crippen molar-refractivity contribution in [3.8, 4) is 5.75 Å². The molecule has 1 aromatic heterocycles. The highest BCUT2D eigenvalue weighted by Crippen LogP contribution is 2.35.